The van der Waals surface area contributed by atoms with Crippen LogP contribution in [0.2, 0.25) is 0 Å². The molecule has 3 aromatic rings. The third kappa shape index (κ3) is 3.99. The molecule has 1 amide bonds. The van der Waals surface area contributed by atoms with E-state index in [9.17, 15) is 4.79 Å². The molecule has 0 atom stereocenters. The highest BCUT2D eigenvalue weighted by Gasteiger charge is 2.22. The number of ether oxygens (including phenoxy) is 3. The van der Waals surface area contributed by atoms with Crippen LogP contribution in [0, 0.1) is 12.8 Å². The van der Waals surface area contributed by atoms with E-state index in [0.717, 1.165) is 35.0 Å². The Hall–Kier alpha value is -3.22. The van der Waals surface area contributed by atoms with E-state index in [4.69, 9.17) is 19.2 Å². The summed E-state index contributed by atoms with van der Waals surface area (Å²) in [6, 6.07) is 9.61. The van der Waals surface area contributed by atoms with Gasteiger partial charge in [-0.3, -0.25) is 14.1 Å². The lowest BCUT2D eigenvalue weighted by atomic mass is 10.0. The van der Waals surface area contributed by atoms with Gasteiger partial charge < -0.3 is 14.2 Å². The number of rotatable bonds is 7. The monoisotopic (exact) mass is 435 g/mol. The summed E-state index contributed by atoms with van der Waals surface area (Å²) in [6.07, 6.45) is 8.60. The lowest BCUT2D eigenvalue weighted by molar-refractivity contribution is -0.118. The highest BCUT2D eigenvalue weighted by atomic mass is 16.7. The van der Waals surface area contributed by atoms with Gasteiger partial charge in [-0.15, -0.1) is 0 Å². The molecular formula is C25H29N3O4. The molecule has 3 heterocycles. The van der Waals surface area contributed by atoms with E-state index in [1.54, 1.807) is 4.90 Å². The first kappa shape index (κ1) is 20.7. The molecule has 32 heavy (non-hydrogen) atoms. The number of anilines is 1. The number of carbonyl (C=O) groups is 1. The van der Waals surface area contributed by atoms with E-state index in [1.807, 2.05) is 54.9 Å². The molecule has 168 valence electrons. The second-order valence-electron chi connectivity index (χ2n) is 8.71. The Kier molecular flexibility index (Phi) is 5.64. The smallest absolute Gasteiger partial charge is 0.231 e. The molecule has 2 aromatic heterocycles. The molecule has 5 rings (SSSR count). The van der Waals surface area contributed by atoms with Crippen molar-refractivity contribution in [2.45, 2.75) is 52.1 Å². The molecular weight excluding hydrogens is 406 g/mol. The van der Waals surface area contributed by atoms with Crippen molar-refractivity contribution in [3.63, 3.8) is 0 Å². The Morgan fingerprint density at radius 1 is 1.22 bits per heavy atom. The first-order valence-corrected chi connectivity index (χ1v) is 11.4. The van der Waals surface area contributed by atoms with Crippen LogP contribution in [-0.2, 0) is 11.4 Å². The van der Waals surface area contributed by atoms with Crippen LogP contribution in [0.3, 0.4) is 0 Å². The van der Waals surface area contributed by atoms with E-state index in [2.05, 4.69) is 0 Å². The molecule has 0 N–H and O–H groups in total. The van der Waals surface area contributed by atoms with E-state index in [-0.39, 0.29) is 12.7 Å². The first-order valence-electron chi connectivity index (χ1n) is 11.4. The van der Waals surface area contributed by atoms with Crippen LogP contribution < -0.4 is 19.1 Å². The van der Waals surface area contributed by atoms with Gasteiger partial charge in [-0.25, -0.2) is 4.98 Å². The molecule has 1 aromatic carbocycles. The number of carbonyl (C=O) groups excluding carboxylic acids is 1. The van der Waals surface area contributed by atoms with Gasteiger partial charge in [-0.1, -0.05) is 31.7 Å². The van der Waals surface area contributed by atoms with Gasteiger partial charge in [-0.05, 0) is 49.1 Å². The Bertz CT molecular complexity index is 1130. The molecule has 7 nitrogen and oxygen atoms in total. The summed E-state index contributed by atoms with van der Waals surface area (Å²) in [4.78, 5) is 19.4. The van der Waals surface area contributed by atoms with Crippen molar-refractivity contribution in [3.8, 4) is 17.2 Å². The Balaban J connectivity index is 1.32. The number of aryl methyl sites for hydroxylation is 1. The number of hydrogen-bond acceptors (Lipinski definition) is 5. The molecule has 1 saturated carbocycles. The van der Waals surface area contributed by atoms with Crippen molar-refractivity contribution >= 4 is 17.4 Å². The minimum Gasteiger partial charge on any atom is -0.485 e. The number of amides is 1. The van der Waals surface area contributed by atoms with E-state index < -0.39 is 0 Å². The second kappa shape index (κ2) is 8.73. The topological polar surface area (TPSA) is 65.3 Å². The lowest BCUT2D eigenvalue weighted by Crippen LogP contribution is -2.28. The van der Waals surface area contributed by atoms with Crippen molar-refractivity contribution in [1.82, 2.24) is 9.38 Å². The fraction of sp³-hybridized carbons (Fsp3) is 0.440. The number of aromatic nitrogens is 2. The van der Waals surface area contributed by atoms with Crippen molar-refractivity contribution in [2.75, 3.05) is 18.7 Å². The minimum atomic E-state index is 0.133. The largest absolute Gasteiger partial charge is 0.485 e. The summed E-state index contributed by atoms with van der Waals surface area (Å²) < 4.78 is 18.9. The molecule has 0 spiro atoms. The van der Waals surface area contributed by atoms with Gasteiger partial charge in [0.25, 0.3) is 0 Å². The first-order chi connectivity index (χ1) is 15.6. The average molecular weight is 436 g/mol. The van der Waals surface area contributed by atoms with Crippen molar-refractivity contribution in [3.05, 3.63) is 47.8 Å². The average Bonchev–Trinajstić information content (AvgIpc) is 3.54. The summed E-state index contributed by atoms with van der Waals surface area (Å²) >= 11 is 0. The van der Waals surface area contributed by atoms with Crippen molar-refractivity contribution in [2.24, 2.45) is 5.92 Å². The van der Waals surface area contributed by atoms with Gasteiger partial charge in [-0.2, -0.15) is 0 Å². The Morgan fingerprint density at radius 3 is 2.88 bits per heavy atom. The summed E-state index contributed by atoms with van der Waals surface area (Å²) in [5, 5.41) is 0. The molecule has 2 aliphatic rings. The zero-order chi connectivity index (χ0) is 22.1. The Labute approximate surface area is 187 Å². The number of imidazole rings is 1. The van der Waals surface area contributed by atoms with Crippen molar-refractivity contribution in [1.29, 1.82) is 0 Å². The third-order valence-corrected chi connectivity index (χ3v) is 6.52. The molecule has 7 heteroatoms. The summed E-state index contributed by atoms with van der Waals surface area (Å²) in [6.45, 7) is 2.57. The predicted octanol–water partition coefficient (Wildman–Crippen LogP) is 4.88. The van der Waals surface area contributed by atoms with Gasteiger partial charge in [0.1, 0.15) is 12.4 Å². The quantitative estimate of drug-likeness (QED) is 0.529. The fourth-order valence-corrected chi connectivity index (χ4v) is 4.76. The number of hydrogen-bond donors (Lipinski definition) is 0. The van der Waals surface area contributed by atoms with Crippen LogP contribution in [0.4, 0.5) is 5.82 Å². The van der Waals surface area contributed by atoms with E-state index in [0.29, 0.717) is 30.3 Å². The molecule has 0 unspecified atom stereocenters. The van der Waals surface area contributed by atoms with Gasteiger partial charge in [0.15, 0.2) is 22.9 Å². The number of nitrogens with zero attached hydrogens (tertiary/aromatic N) is 3. The minimum absolute atomic E-state index is 0.133. The highest BCUT2D eigenvalue weighted by molar-refractivity contribution is 5.93. The van der Waals surface area contributed by atoms with E-state index in [1.165, 1.54) is 25.7 Å². The second-order valence-corrected chi connectivity index (χ2v) is 8.71. The summed E-state index contributed by atoms with van der Waals surface area (Å²) in [5.41, 5.74) is 2.50. The maximum absolute atomic E-state index is 12.9. The molecule has 1 fully saturated rings. The maximum atomic E-state index is 12.9. The molecule has 1 aliphatic carbocycles. The van der Waals surface area contributed by atoms with Gasteiger partial charge >= 0.3 is 0 Å². The lowest BCUT2D eigenvalue weighted by Gasteiger charge is -2.19. The van der Waals surface area contributed by atoms with Crippen LogP contribution in [0.25, 0.3) is 5.65 Å². The molecule has 0 radical (unpaired) electrons. The standard InChI is InChI=1S/C25H29N3O4/c1-17-25(27(2)23(29)12-10-18-6-3-4-7-18)28-13-5-8-21(24(28)26-17)30-15-19-9-11-20-22(14-19)32-16-31-20/h5,8-9,11,13-14,18H,3-4,6-7,10,12,15-16H2,1-2H3. The fourth-order valence-electron chi connectivity index (χ4n) is 4.76. The zero-order valence-corrected chi connectivity index (χ0v) is 18.7. The SMILES string of the molecule is Cc1nc2c(OCc3ccc4c(c3)OCO4)cccn2c1N(C)C(=O)CCC1CCCC1. The van der Waals surface area contributed by atoms with Gasteiger partial charge in [0.05, 0.1) is 5.69 Å². The summed E-state index contributed by atoms with van der Waals surface area (Å²) in [5.74, 6) is 3.79. The number of benzene rings is 1. The number of fused-ring (bicyclic) bond motifs is 2. The summed E-state index contributed by atoms with van der Waals surface area (Å²) in [7, 11) is 1.84. The van der Waals surface area contributed by atoms with Crippen LogP contribution in [-0.4, -0.2) is 29.1 Å². The molecule has 1 aliphatic heterocycles. The van der Waals surface area contributed by atoms with Crippen LogP contribution in [0.1, 0.15) is 49.8 Å². The van der Waals surface area contributed by atoms with E-state index >= 15 is 0 Å². The number of pyridine rings is 1. The molecule has 0 bridgehead atoms. The normalized spacial score (nSPS) is 15.4. The van der Waals surface area contributed by atoms with Crippen LogP contribution in [0.5, 0.6) is 17.2 Å². The molecule has 0 saturated heterocycles. The highest BCUT2D eigenvalue weighted by Crippen LogP contribution is 2.34. The third-order valence-electron chi connectivity index (χ3n) is 6.52. The van der Waals surface area contributed by atoms with Crippen LogP contribution >= 0.6 is 0 Å². The predicted molar refractivity (Wildman–Crippen MR) is 121 cm³/mol. The van der Waals surface area contributed by atoms with Crippen LogP contribution in [0.15, 0.2) is 36.5 Å². The Morgan fingerprint density at radius 2 is 2.03 bits per heavy atom. The maximum Gasteiger partial charge on any atom is 0.231 e. The van der Waals surface area contributed by atoms with Crippen molar-refractivity contribution < 1.29 is 19.0 Å². The van der Waals surface area contributed by atoms with Gasteiger partial charge in [0.2, 0.25) is 12.7 Å². The zero-order valence-electron chi connectivity index (χ0n) is 18.7. The van der Waals surface area contributed by atoms with Gasteiger partial charge in [0, 0.05) is 19.7 Å².